The topological polar surface area (TPSA) is 305 Å². The first-order valence-corrected chi connectivity index (χ1v) is 26.2. The molecule has 3 aliphatic heterocycles. The summed E-state index contributed by atoms with van der Waals surface area (Å²) in [4.78, 5) is 42.0. The molecule has 20 nitrogen and oxygen atoms in total. The van der Waals surface area contributed by atoms with Crippen molar-refractivity contribution in [3.63, 3.8) is 0 Å². The van der Waals surface area contributed by atoms with Crippen LogP contribution in [0, 0.1) is 0 Å². The standard InChI is InChI=1S/C40H51N3O17S4/c1-39(19-8-24-61(47,48)49)30-26-28(63(53,54)55)13-15-32(30)42(22-9-25-62(50,51)52)34(39)10-7-11-35-40(2,20-23-59-3)31-27-29(64(56,57)58)14-16-33(31)41(35)21-6-4-5-12-38(46)60-43-36(44)17-18-37(43)45/h7,10-11,13-16,26-27H,4-6,8-9,12,17-25H2,1-3H3,(H3-,47,48,49,50,51,52,53,54,55,56,57,58)/p-2. The highest BCUT2D eigenvalue weighted by Crippen LogP contribution is 2.51. The highest BCUT2D eigenvalue weighted by atomic mass is 32.2. The fourth-order valence-electron chi connectivity index (χ4n) is 8.45. The van der Waals surface area contributed by atoms with Gasteiger partial charge in [-0.05, 0) is 87.9 Å². The Kier molecular flexibility index (Phi) is 15.5. The molecule has 24 heteroatoms. The van der Waals surface area contributed by atoms with Gasteiger partial charge in [0.2, 0.25) is 5.69 Å². The van der Waals surface area contributed by atoms with Gasteiger partial charge in [-0.15, -0.1) is 5.06 Å². The summed E-state index contributed by atoms with van der Waals surface area (Å²) in [6.45, 7) is 3.91. The molecule has 2 unspecified atom stereocenters. The lowest BCUT2D eigenvalue weighted by atomic mass is 9.75. The number of imide groups is 1. The van der Waals surface area contributed by atoms with Gasteiger partial charge in [-0.2, -0.15) is 13.0 Å². The number of carbonyl (C=O) groups is 3. The third-order valence-electron chi connectivity index (χ3n) is 11.6. The lowest BCUT2D eigenvalue weighted by molar-refractivity contribution is -0.437. The number of allylic oxidation sites excluding steroid dienone is 4. The summed E-state index contributed by atoms with van der Waals surface area (Å²) in [5, 5.41) is 0.473. The average molecular weight is 972 g/mol. The zero-order valence-corrected chi connectivity index (χ0v) is 38.5. The van der Waals surface area contributed by atoms with Gasteiger partial charge in [0.25, 0.3) is 21.9 Å². The Morgan fingerprint density at radius 1 is 0.812 bits per heavy atom. The van der Waals surface area contributed by atoms with Crippen LogP contribution >= 0.6 is 0 Å². The van der Waals surface area contributed by atoms with Crippen LogP contribution in [0.1, 0.15) is 89.2 Å². The second-order valence-corrected chi connectivity index (χ2v) is 22.0. The molecule has 2 aromatic carbocycles. The highest BCUT2D eigenvalue weighted by molar-refractivity contribution is 7.86. The van der Waals surface area contributed by atoms with Crippen LogP contribution in [0.4, 0.5) is 11.4 Å². The summed E-state index contributed by atoms with van der Waals surface area (Å²) in [5.41, 5.74) is 0.413. The maximum absolute atomic E-state index is 12.5. The molecule has 64 heavy (non-hydrogen) atoms. The molecule has 352 valence electrons. The first-order chi connectivity index (χ1) is 29.7. The number of hydrogen-bond acceptors (Lipinski definition) is 17. The molecule has 2 amide bonds. The van der Waals surface area contributed by atoms with Gasteiger partial charge in [-0.3, -0.25) is 14.1 Å². The molecule has 2 atom stereocenters. The Morgan fingerprint density at radius 2 is 1.44 bits per heavy atom. The molecule has 0 radical (unpaired) electrons. The number of carbonyl (C=O) groups excluding carboxylic acids is 3. The van der Waals surface area contributed by atoms with Crippen molar-refractivity contribution in [2.24, 2.45) is 0 Å². The number of methoxy groups -OCH3 is 1. The summed E-state index contributed by atoms with van der Waals surface area (Å²) >= 11 is 0. The van der Waals surface area contributed by atoms with Crippen molar-refractivity contribution in [2.75, 3.05) is 43.2 Å². The number of benzene rings is 2. The van der Waals surface area contributed by atoms with Gasteiger partial charge in [0.05, 0.1) is 31.1 Å². The predicted molar refractivity (Wildman–Crippen MR) is 225 cm³/mol. The first kappa shape index (κ1) is 50.6. The van der Waals surface area contributed by atoms with Crippen molar-refractivity contribution in [3.8, 4) is 0 Å². The smallest absolute Gasteiger partial charge is 0.333 e. The van der Waals surface area contributed by atoms with Gasteiger partial charge >= 0.3 is 5.97 Å². The molecule has 0 bridgehead atoms. The van der Waals surface area contributed by atoms with Crippen molar-refractivity contribution in [2.45, 2.75) is 98.7 Å². The maximum Gasteiger partial charge on any atom is 0.333 e. The molecular formula is C40H49N3O17S4-2. The molecule has 1 saturated heterocycles. The minimum Gasteiger partial charge on any atom is -0.748 e. The SMILES string of the molecule is COCCC1(C)C(=CC=CC2=[N+](CCCS(=O)(=O)O)c3ccc(S(=O)(=O)[O-])cc3C2(C)CCCS(=O)(=O)[O-])N(CCCCCC(=O)ON2C(=O)CCC2=O)c2ccc(S(=O)(=O)[O-])cc21. The van der Waals surface area contributed by atoms with Crippen molar-refractivity contribution in [1.82, 2.24) is 5.06 Å². The molecule has 3 heterocycles. The second kappa shape index (κ2) is 19.6. The fourth-order valence-corrected chi connectivity index (χ4v) is 10.4. The van der Waals surface area contributed by atoms with E-state index in [9.17, 15) is 66.3 Å². The predicted octanol–water partition coefficient (Wildman–Crippen LogP) is 2.88. The van der Waals surface area contributed by atoms with E-state index in [1.165, 1.54) is 31.4 Å². The summed E-state index contributed by atoms with van der Waals surface area (Å²) in [5.74, 6) is -3.39. The molecule has 3 aliphatic rings. The summed E-state index contributed by atoms with van der Waals surface area (Å²) < 4.78 is 149. The van der Waals surface area contributed by atoms with E-state index in [0.717, 1.165) is 12.1 Å². The van der Waals surface area contributed by atoms with Crippen molar-refractivity contribution in [1.29, 1.82) is 0 Å². The van der Waals surface area contributed by atoms with Crippen LogP contribution in [0.2, 0.25) is 0 Å². The quantitative estimate of drug-likeness (QED) is 0.0767. The van der Waals surface area contributed by atoms with E-state index >= 15 is 0 Å². The summed E-state index contributed by atoms with van der Waals surface area (Å²) in [6.07, 6.45) is 5.94. The largest absolute Gasteiger partial charge is 0.748 e. The minimum atomic E-state index is -4.99. The molecular weight excluding hydrogens is 923 g/mol. The number of fused-ring (bicyclic) bond motifs is 2. The number of ether oxygens (including phenoxy) is 1. The van der Waals surface area contributed by atoms with E-state index in [4.69, 9.17) is 9.57 Å². The Hall–Kier alpha value is -4.40. The van der Waals surface area contributed by atoms with E-state index < -0.39 is 90.4 Å². The lowest BCUT2D eigenvalue weighted by Crippen LogP contribution is -2.32. The number of nitrogens with zero attached hydrogens (tertiary/aromatic N) is 3. The number of hydroxylamine groups is 2. The van der Waals surface area contributed by atoms with Crippen LogP contribution in [0.15, 0.2) is 70.1 Å². The van der Waals surface area contributed by atoms with Gasteiger partial charge in [-0.25, -0.2) is 30.0 Å². The minimum absolute atomic E-state index is 0.0492. The second-order valence-electron chi connectivity index (χ2n) is 16.1. The fraction of sp³-hybridized carbons (Fsp3) is 0.500. The number of hydrogen-bond donors (Lipinski definition) is 1. The molecule has 0 aromatic heterocycles. The van der Waals surface area contributed by atoms with E-state index in [1.807, 2.05) is 11.8 Å². The van der Waals surface area contributed by atoms with Crippen molar-refractivity contribution in [3.05, 3.63) is 71.5 Å². The maximum atomic E-state index is 12.5. The van der Waals surface area contributed by atoms with Crippen LogP contribution in [0.25, 0.3) is 0 Å². The Morgan fingerprint density at radius 3 is 2.03 bits per heavy atom. The van der Waals surface area contributed by atoms with Gasteiger partial charge in [0.15, 0.2) is 5.71 Å². The molecule has 1 fully saturated rings. The van der Waals surface area contributed by atoms with Crippen LogP contribution < -0.4 is 4.90 Å². The van der Waals surface area contributed by atoms with Crippen LogP contribution in [0.5, 0.6) is 0 Å². The average Bonchev–Trinajstić information content (AvgIpc) is 3.71. The molecule has 0 saturated carbocycles. The van der Waals surface area contributed by atoms with Crippen molar-refractivity contribution < 1.29 is 80.4 Å². The van der Waals surface area contributed by atoms with Gasteiger partial charge in [-0.1, -0.05) is 12.5 Å². The third kappa shape index (κ3) is 11.9. The normalized spacial score (nSPS) is 21.1. The van der Waals surface area contributed by atoms with Crippen LogP contribution in [0.3, 0.4) is 0 Å². The van der Waals surface area contributed by atoms with Gasteiger partial charge in [0.1, 0.15) is 26.8 Å². The Balaban J connectivity index is 1.57. The molecule has 2 aromatic rings. The van der Waals surface area contributed by atoms with Crippen LogP contribution in [-0.2, 0) is 75.3 Å². The van der Waals surface area contributed by atoms with E-state index in [2.05, 4.69) is 0 Å². The number of amides is 2. The molecule has 0 spiro atoms. The summed E-state index contributed by atoms with van der Waals surface area (Å²) in [6, 6.07) is 7.61. The van der Waals surface area contributed by atoms with Gasteiger partial charge < -0.3 is 28.1 Å². The molecule has 0 aliphatic carbocycles. The van der Waals surface area contributed by atoms with E-state index in [0.29, 0.717) is 59.2 Å². The van der Waals surface area contributed by atoms with Crippen molar-refractivity contribution >= 4 is 75.3 Å². The summed E-state index contributed by atoms with van der Waals surface area (Å²) in [7, 11) is -17.5. The highest BCUT2D eigenvalue weighted by Gasteiger charge is 2.48. The zero-order chi connectivity index (χ0) is 47.5. The lowest BCUT2D eigenvalue weighted by Gasteiger charge is -2.30. The Bertz CT molecular complexity index is 2720. The number of anilines is 1. The Labute approximate surface area is 372 Å². The molecule has 5 rings (SSSR count). The van der Waals surface area contributed by atoms with Crippen LogP contribution in [-0.4, -0.2) is 123 Å². The first-order valence-electron chi connectivity index (χ1n) is 20.2. The van der Waals surface area contributed by atoms with E-state index in [1.54, 1.807) is 29.7 Å². The zero-order valence-electron chi connectivity index (χ0n) is 35.3. The monoisotopic (exact) mass is 971 g/mol. The van der Waals surface area contributed by atoms with E-state index in [-0.39, 0.29) is 63.7 Å². The molecule has 1 N–H and O–H groups in total. The number of rotatable bonds is 22. The van der Waals surface area contributed by atoms with Gasteiger partial charge in [0, 0.05) is 86.2 Å². The number of unbranched alkanes of at least 4 members (excludes halogenated alkanes) is 2. The third-order valence-corrected chi connectivity index (χ3v) is 14.9.